The molecule has 0 radical (unpaired) electrons. The SMILES string of the molecule is COC(=O)c1nn(C)cc1-c1ccc(O[C@@H]2CC[C@@H](NC(=O)[C@@H]3CC(C)(C)CN3C)C2)c(-c2cccc(F)c2C2CCC2)c1. The van der Waals surface area contributed by atoms with Gasteiger partial charge in [0.05, 0.1) is 13.2 Å². The highest BCUT2D eigenvalue weighted by Gasteiger charge is 2.40. The lowest BCUT2D eigenvalue weighted by atomic mass is 9.76. The zero-order chi connectivity index (χ0) is 31.2. The monoisotopic (exact) mass is 602 g/mol. The van der Waals surface area contributed by atoms with E-state index in [0.717, 1.165) is 67.3 Å². The first-order valence-electron chi connectivity index (χ1n) is 15.8. The van der Waals surface area contributed by atoms with Gasteiger partial charge in [0.15, 0.2) is 5.69 Å². The minimum Gasteiger partial charge on any atom is -0.490 e. The summed E-state index contributed by atoms with van der Waals surface area (Å²) in [5.74, 6) is 0.199. The number of nitrogens with one attached hydrogen (secondary N) is 1. The molecule has 0 unspecified atom stereocenters. The fraction of sp³-hybridized carbons (Fsp3) is 0.514. The molecule has 6 rings (SSSR count). The van der Waals surface area contributed by atoms with Gasteiger partial charge < -0.3 is 14.8 Å². The summed E-state index contributed by atoms with van der Waals surface area (Å²) in [6.07, 6.45) is 7.91. The van der Waals surface area contributed by atoms with E-state index in [4.69, 9.17) is 9.47 Å². The molecule has 234 valence electrons. The molecule has 2 saturated carbocycles. The van der Waals surface area contributed by atoms with Crippen LogP contribution < -0.4 is 10.1 Å². The number of carbonyl (C=O) groups is 2. The smallest absolute Gasteiger partial charge is 0.359 e. The summed E-state index contributed by atoms with van der Waals surface area (Å²) in [6.45, 7) is 5.32. The minimum absolute atomic E-state index is 0.0463. The fourth-order valence-corrected chi connectivity index (χ4v) is 7.32. The molecule has 9 heteroatoms. The maximum absolute atomic E-state index is 15.4. The number of likely N-dealkylation sites (tertiary alicyclic amines) is 1. The summed E-state index contributed by atoms with van der Waals surface area (Å²) in [4.78, 5) is 27.9. The van der Waals surface area contributed by atoms with Gasteiger partial charge in [-0.15, -0.1) is 0 Å². The predicted octanol–water partition coefficient (Wildman–Crippen LogP) is 6.09. The molecule has 3 aromatic rings. The second kappa shape index (κ2) is 12.0. The number of aryl methyl sites for hydroxylation is 1. The molecular formula is C35H43FN4O4. The Bertz CT molecular complexity index is 1560. The summed E-state index contributed by atoms with van der Waals surface area (Å²) in [6, 6.07) is 11.0. The van der Waals surface area contributed by atoms with E-state index in [1.807, 2.05) is 31.3 Å². The number of nitrogens with zero attached hydrogens (tertiary/aromatic N) is 3. The van der Waals surface area contributed by atoms with Crippen molar-refractivity contribution in [3.8, 4) is 28.0 Å². The number of halogens is 1. The summed E-state index contributed by atoms with van der Waals surface area (Å²) >= 11 is 0. The molecule has 1 saturated heterocycles. The van der Waals surface area contributed by atoms with E-state index >= 15 is 4.39 Å². The van der Waals surface area contributed by atoms with Gasteiger partial charge in [-0.25, -0.2) is 9.18 Å². The Kier molecular flexibility index (Phi) is 8.26. The van der Waals surface area contributed by atoms with Crippen LogP contribution in [0.5, 0.6) is 5.75 Å². The number of hydrogen-bond donors (Lipinski definition) is 1. The van der Waals surface area contributed by atoms with E-state index in [1.165, 1.54) is 13.2 Å². The van der Waals surface area contributed by atoms with E-state index in [-0.39, 0.29) is 46.9 Å². The van der Waals surface area contributed by atoms with Crippen LogP contribution in [-0.2, 0) is 16.6 Å². The maximum Gasteiger partial charge on any atom is 0.359 e. The number of methoxy groups -OCH3 is 1. The Morgan fingerprint density at radius 2 is 1.84 bits per heavy atom. The van der Waals surface area contributed by atoms with Crippen LogP contribution in [0.4, 0.5) is 4.39 Å². The van der Waals surface area contributed by atoms with Crippen molar-refractivity contribution < 1.29 is 23.5 Å². The van der Waals surface area contributed by atoms with Gasteiger partial charge in [-0.2, -0.15) is 5.10 Å². The molecule has 1 N–H and O–H groups in total. The Morgan fingerprint density at radius 1 is 1.05 bits per heavy atom. The van der Waals surface area contributed by atoms with Crippen LogP contribution in [-0.4, -0.2) is 65.4 Å². The topological polar surface area (TPSA) is 85.7 Å². The molecule has 2 aromatic carbocycles. The van der Waals surface area contributed by atoms with Crippen LogP contribution in [0.25, 0.3) is 22.3 Å². The molecular weight excluding hydrogens is 559 g/mol. The van der Waals surface area contributed by atoms with Crippen LogP contribution in [0.2, 0.25) is 0 Å². The standard InChI is InChI=1S/C35H43FN4O4/c1-35(2)18-29(39(3)20-35)33(41)37-23-13-14-24(17-23)44-30-15-12-22(27-19-40(4)38-32(27)34(42)43-5)16-26(30)25-10-7-11-28(36)31(25)21-8-6-9-21/h7,10-12,15-16,19,21,23-24,29H,6,8-9,13-14,17-18,20H2,1-5H3,(H,37,41)/t23-,24-,29+/m1/s1. The second-order valence-electron chi connectivity index (χ2n) is 13.7. The number of carbonyl (C=O) groups excluding carboxylic acids is 2. The van der Waals surface area contributed by atoms with E-state index in [2.05, 4.69) is 29.2 Å². The van der Waals surface area contributed by atoms with Gasteiger partial charge >= 0.3 is 5.97 Å². The number of amides is 1. The summed E-state index contributed by atoms with van der Waals surface area (Å²) in [5, 5.41) is 7.62. The van der Waals surface area contributed by atoms with Crippen molar-refractivity contribution in [1.29, 1.82) is 0 Å². The normalized spacial score (nSPS) is 23.4. The van der Waals surface area contributed by atoms with Gasteiger partial charge in [-0.05, 0) is 85.4 Å². The van der Waals surface area contributed by atoms with Gasteiger partial charge in [0.25, 0.3) is 0 Å². The van der Waals surface area contributed by atoms with E-state index in [0.29, 0.717) is 17.7 Å². The summed E-state index contributed by atoms with van der Waals surface area (Å²) in [5.41, 5.74) is 4.07. The van der Waals surface area contributed by atoms with Crippen molar-refractivity contribution in [2.75, 3.05) is 20.7 Å². The second-order valence-corrected chi connectivity index (χ2v) is 13.7. The number of hydrogen-bond acceptors (Lipinski definition) is 6. The summed E-state index contributed by atoms with van der Waals surface area (Å²) in [7, 11) is 5.12. The lowest BCUT2D eigenvalue weighted by Crippen LogP contribution is -2.45. The zero-order valence-electron chi connectivity index (χ0n) is 26.4. The lowest BCUT2D eigenvalue weighted by Gasteiger charge is -2.29. The van der Waals surface area contributed by atoms with Gasteiger partial charge in [-0.1, -0.05) is 38.5 Å². The zero-order valence-corrected chi connectivity index (χ0v) is 26.4. The summed E-state index contributed by atoms with van der Waals surface area (Å²) < 4.78 is 28.7. The number of aromatic nitrogens is 2. The van der Waals surface area contributed by atoms with Crippen molar-refractivity contribution in [3.05, 3.63) is 59.7 Å². The highest BCUT2D eigenvalue weighted by Crippen LogP contribution is 2.46. The quantitative estimate of drug-likeness (QED) is 0.314. The average Bonchev–Trinajstić information content (AvgIpc) is 3.64. The molecule has 1 aromatic heterocycles. The third kappa shape index (κ3) is 5.99. The van der Waals surface area contributed by atoms with Crippen LogP contribution in [0, 0.1) is 11.2 Å². The van der Waals surface area contributed by atoms with Crippen molar-refractivity contribution >= 4 is 11.9 Å². The van der Waals surface area contributed by atoms with Gasteiger partial charge in [0, 0.05) is 43.4 Å². The molecule has 3 atom stereocenters. The molecule has 44 heavy (non-hydrogen) atoms. The van der Waals surface area contributed by atoms with Gasteiger partial charge in [0.2, 0.25) is 5.91 Å². The molecule has 0 spiro atoms. The van der Waals surface area contributed by atoms with Crippen LogP contribution >= 0.6 is 0 Å². The van der Waals surface area contributed by atoms with Crippen molar-refractivity contribution in [2.24, 2.45) is 12.5 Å². The van der Waals surface area contributed by atoms with E-state index < -0.39 is 5.97 Å². The first kappa shape index (κ1) is 30.3. The van der Waals surface area contributed by atoms with E-state index in [9.17, 15) is 9.59 Å². The molecule has 8 nitrogen and oxygen atoms in total. The first-order chi connectivity index (χ1) is 21.0. The molecule has 2 heterocycles. The maximum atomic E-state index is 15.4. The molecule has 0 bridgehead atoms. The molecule has 3 fully saturated rings. The highest BCUT2D eigenvalue weighted by molar-refractivity contribution is 5.96. The average molecular weight is 603 g/mol. The lowest BCUT2D eigenvalue weighted by molar-refractivity contribution is -0.125. The molecule has 1 amide bonds. The molecule has 2 aliphatic carbocycles. The van der Waals surface area contributed by atoms with Crippen LogP contribution in [0.1, 0.15) is 80.8 Å². The molecule has 1 aliphatic heterocycles. The Labute approximate surface area is 258 Å². The Balaban J connectivity index is 1.29. The predicted molar refractivity (Wildman–Crippen MR) is 167 cm³/mol. The van der Waals surface area contributed by atoms with Gasteiger partial charge in [-0.3, -0.25) is 14.4 Å². The number of benzene rings is 2. The first-order valence-corrected chi connectivity index (χ1v) is 15.8. The number of rotatable bonds is 8. The molecule has 3 aliphatic rings. The minimum atomic E-state index is -0.519. The van der Waals surface area contributed by atoms with Gasteiger partial charge in [0.1, 0.15) is 17.7 Å². The Hall–Kier alpha value is -3.72. The highest BCUT2D eigenvalue weighted by atomic mass is 19.1. The number of likely N-dealkylation sites (N-methyl/N-ethyl adjacent to an activating group) is 1. The third-order valence-corrected chi connectivity index (χ3v) is 9.64. The van der Waals surface area contributed by atoms with Crippen LogP contribution in [0.15, 0.2) is 42.6 Å². The van der Waals surface area contributed by atoms with Crippen molar-refractivity contribution in [1.82, 2.24) is 20.0 Å². The van der Waals surface area contributed by atoms with Crippen molar-refractivity contribution in [3.63, 3.8) is 0 Å². The Morgan fingerprint density at radius 3 is 2.52 bits per heavy atom. The largest absolute Gasteiger partial charge is 0.490 e. The van der Waals surface area contributed by atoms with Crippen molar-refractivity contribution in [2.45, 2.75) is 82.9 Å². The fourth-order valence-electron chi connectivity index (χ4n) is 7.32. The van der Waals surface area contributed by atoms with E-state index in [1.54, 1.807) is 24.0 Å². The van der Waals surface area contributed by atoms with Crippen LogP contribution in [0.3, 0.4) is 0 Å². The number of ether oxygens (including phenoxy) is 2. The number of esters is 1. The third-order valence-electron chi connectivity index (χ3n) is 9.64.